The van der Waals surface area contributed by atoms with Gasteiger partial charge in [0.2, 0.25) is 0 Å². The maximum Gasteiger partial charge on any atom is 0.128 e. The highest BCUT2D eigenvalue weighted by Gasteiger charge is 2.22. The first-order valence-corrected chi connectivity index (χ1v) is 5.55. The Bertz CT molecular complexity index is 317. The van der Waals surface area contributed by atoms with Crippen LogP contribution in [0.25, 0.3) is 0 Å². The lowest BCUT2D eigenvalue weighted by Gasteiger charge is -2.35. The van der Waals surface area contributed by atoms with E-state index < -0.39 is 6.10 Å². The molecule has 3 nitrogen and oxygen atoms in total. The molecule has 1 aromatic heterocycles. The average Bonchev–Trinajstić information content (AvgIpc) is 2.15. The Morgan fingerprint density at radius 2 is 2.20 bits per heavy atom. The summed E-state index contributed by atoms with van der Waals surface area (Å²) in [5, 5.41) is 9.37. The Morgan fingerprint density at radius 1 is 1.47 bits per heavy atom. The van der Waals surface area contributed by atoms with Crippen molar-refractivity contribution in [2.45, 2.75) is 38.3 Å². The van der Waals surface area contributed by atoms with E-state index in [2.05, 4.69) is 16.9 Å². The molecule has 1 aromatic rings. The predicted molar refractivity (Wildman–Crippen MR) is 60.9 cm³/mol. The van der Waals surface area contributed by atoms with E-state index in [1.165, 1.54) is 19.3 Å². The van der Waals surface area contributed by atoms with Crippen LogP contribution in [0.4, 0.5) is 5.82 Å². The second-order valence-electron chi connectivity index (χ2n) is 4.32. The Labute approximate surface area is 90.8 Å². The molecule has 0 radical (unpaired) electrons. The van der Waals surface area contributed by atoms with Crippen LogP contribution in [0.3, 0.4) is 0 Å². The standard InChI is InChI=1S/C12H18N2O/c1-9(15)10-6-7-12(13-8-10)14(2)11-4-3-5-11/h6-9,11,15H,3-5H2,1-2H3/t9-/m1/s1. The number of aliphatic hydroxyl groups is 1. The summed E-state index contributed by atoms with van der Waals surface area (Å²) in [6.07, 6.45) is 5.21. The minimum absolute atomic E-state index is 0.430. The van der Waals surface area contributed by atoms with Gasteiger partial charge in [-0.2, -0.15) is 0 Å². The smallest absolute Gasteiger partial charge is 0.128 e. The quantitative estimate of drug-likeness (QED) is 0.823. The highest BCUT2D eigenvalue weighted by molar-refractivity contribution is 5.40. The van der Waals surface area contributed by atoms with E-state index in [-0.39, 0.29) is 0 Å². The molecule has 2 rings (SSSR count). The van der Waals surface area contributed by atoms with Crippen molar-refractivity contribution >= 4 is 5.82 Å². The average molecular weight is 206 g/mol. The van der Waals surface area contributed by atoms with Crippen molar-refractivity contribution < 1.29 is 5.11 Å². The van der Waals surface area contributed by atoms with E-state index in [0.717, 1.165) is 11.4 Å². The van der Waals surface area contributed by atoms with Crippen LogP contribution in [0, 0.1) is 0 Å². The lowest BCUT2D eigenvalue weighted by molar-refractivity contribution is 0.199. The maximum absolute atomic E-state index is 9.37. The third-order valence-electron chi connectivity index (χ3n) is 3.24. The Hall–Kier alpha value is -1.09. The van der Waals surface area contributed by atoms with Crippen LogP contribution in [-0.2, 0) is 0 Å². The molecule has 1 heterocycles. The Morgan fingerprint density at radius 3 is 2.60 bits per heavy atom. The largest absolute Gasteiger partial charge is 0.389 e. The van der Waals surface area contributed by atoms with Crippen molar-refractivity contribution in [2.75, 3.05) is 11.9 Å². The number of hydrogen-bond donors (Lipinski definition) is 1. The van der Waals surface area contributed by atoms with Gasteiger partial charge in [0.05, 0.1) is 6.10 Å². The van der Waals surface area contributed by atoms with E-state index in [0.29, 0.717) is 6.04 Å². The minimum atomic E-state index is -0.430. The van der Waals surface area contributed by atoms with Crippen molar-refractivity contribution in [1.82, 2.24) is 4.98 Å². The number of nitrogens with zero attached hydrogens (tertiary/aromatic N) is 2. The third-order valence-corrected chi connectivity index (χ3v) is 3.24. The molecular formula is C12H18N2O. The number of aliphatic hydroxyl groups excluding tert-OH is 1. The van der Waals surface area contributed by atoms with Gasteiger partial charge in [0.25, 0.3) is 0 Å². The zero-order valence-electron chi connectivity index (χ0n) is 9.35. The van der Waals surface area contributed by atoms with Gasteiger partial charge in [-0.25, -0.2) is 4.98 Å². The number of hydrogen-bond acceptors (Lipinski definition) is 3. The van der Waals surface area contributed by atoms with Gasteiger partial charge in [-0.05, 0) is 37.8 Å². The molecule has 1 aliphatic carbocycles. The van der Waals surface area contributed by atoms with Gasteiger partial charge in [0.15, 0.2) is 0 Å². The first kappa shape index (κ1) is 10.4. The summed E-state index contributed by atoms with van der Waals surface area (Å²) in [5.41, 5.74) is 0.876. The summed E-state index contributed by atoms with van der Waals surface area (Å²) in [5.74, 6) is 1.00. The summed E-state index contributed by atoms with van der Waals surface area (Å²) < 4.78 is 0. The Kier molecular flexibility index (Phi) is 2.91. The fourth-order valence-corrected chi connectivity index (χ4v) is 1.81. The molecule has 1 atom stereocenters. The second-order valence-corrected chi connectivity index (χ2v) is 4.32. The molecule has 1 aliphatic rings. The second kappa shape index (κ2) is 4.19. The van der Waals surface area contributed by atoms with Crippen LogP contribution in [0.5, 0.6) is 0 Å². The molecule has 0 saturated heterocycles. The van der Waals surface area contributed by atoms with Crippen molar-refractivity contribution in [1.29, 1.82) is 0 Å². The topological polar surface area (TPSA) is 36.4 Å². The SMILES string of the molecule is C[C@@H](O)c1ccc(N(C)C2CCC2)nc1. The van der Waals surface area contributed by atoms with Crippen molar-refractivity contribution in [3.63, 3.8) is 0 Å². The van der Waals surface area contributed by atoms with Crippen molar-refractivity contribution in [3.8, 4) is 0 Å². The highest BCUT2D eigenvalue weighted by Crippen LogP contribution is 2.27. The van der Waals surface area contributed by atoms with Gasteiger partial charge in [-0.3, -0.25) is 0 Å². The number of rotatable bonds is 3. The molecule has 0 bridgehead atoms. The number of anilines is 1. The van der Waals surface area contributed by atoms with Gasteiger partial charge in [0.1, 0.15) is 5.82 Å². The van der Waals surface area contributed by atoms with E-state index in [4.69, 9.17) is 0 Å². The monoisotopic (exact) mass is 206 g/mol. The van der Waals surface area contributed by atoms with Crippen LogP contribution >= 0.6 is 0 Å². The van der Waals surface area contributed by atoms with Crippen LogP contribution in [0.2, 0.25) is 0 Å². The predicted octanol–water partition coefficient (Wildman–Crippen LogP) is 2.12. The molecule has 1 saturated carbocycles. The lowest BCUT2D eigenvalue weighted by atomic mass is 9.92. The van der Waals surface area contributed by atoms with E-state index in [1.807, 2.05) is 12.1 Å². The normalized spacial score (nSPS) is 18.3. The van der Waals surface area contributed by atoms with Crippen LogP contribution in [0.15, 0.2) is 18.3 Å². The highest BCUT2D eigenvalue weighted by atomic mass is 16.3. The molecular weight excluding hydrogens is 188 g/mol. The number of aromatic nitrogens is 1. The molecule has 1 N–H and O–H groups in total. The molecule has 0 aromatic carbocycles. The van der Waals surface area contributed by atoms with Crippen molar-refractivity contribution in [3.05, 3.63) is 23.9 Å². The fourth-order valence-electron chi connectivity index (χ4n) is 1.81. The lowest BCUT2D eigenvalue weighted by Crippen LogP contribution is -2.37. The minimum Gasteiger partial charge on any atom is -0.389 e. The van der Waals surface area contributed by atoms with Gasteiger partial charge < -0.3 is 10.0 Å². The molecule has 0 spiro atoms. The molecule has 15 heavy (non-hydrogen) atoms. The van der Waals surface area contributed by atoms with Gasteiger partial charge >= 0.3 is 0 Å². The van der Waals surface area contributed by atoms with Crippen LogP contribution < -0.4 is 4.90 Å². The zero-order chi connectivity index (χ0) is 10.8. The molecule has 82 valence electrons. The summed E-state index contributed by atoms with van der Waals surface area (Å²) in [6, 6.07) is 4.60. The van der Waals surface area contributed by atoms with Gasteiger partial charge in [-0.1, -0.05) is 6.07 Å². The van der Waals surface area contributed by atoms with Crippen LogP contribution in [-0.4, -0.2) is 23.2 Å². The van der Waals surface area contributed by atoms with Crippen LogP contribution in [0.1, 0.15) is 37.9 Å². The summed E-state index contributed by atoms with van der Waals surface area (Å²) in [4.78, 5) is 6.60. The molecule has 0 aliphatic heterocycles. The van der Waals surface area contributed by atoms with Gasteiger partial charge in [0, 0.05) is 19.3 Å². The summed E-state index contributed by atoms with van der Waals surface area (Å²) in [6.45, 7) is 1.76. The Balaban J connectivity index is 2.08. The molecule has 0 amide bonds. The first-order chi connectivity index (χ1) is 7.18. The van der Waals surface area contributed by atoms with E-state index in [9.17, 15) is 5.11 Å². The third kappa shape index (κ3) is 2.12. The molecule has 3 heteroatoms. The molecule has 0 unspecified atom stereocenters. The molecule has 1 fully saturated rings. The fraction of sp³-hybridized carbons (Fsp3) is 0.583. The summed E-state index contributed by atoms with van der Waals surface area (Å²) >= 11 is 0. The summed E-state index contributed by atoms with van der Waals surface area (Å²) in [7, 11) is 2.09. The van der Waals surface area contributed by atoms with E-state index in [1.54, 1.807) is 13.1 Å². The van der Waals surface area contributed by atoms with Crippen molar-refractivity contribution in [2.24, 2.45) is 0 Å². The van der Waals surface area contributed by atoms with Gasteiger partial charge in [-0.15, -0.1) is 0 Å². The van der Waals surface area contributed by atoms with E-state index >= 15 is 0 Å². The number of pyridine rings is 1. The first-order valence-electron chi connectivity index (χ1n) is 5.55. The zero-order valence-corrected chi connectivity index (χ0v) is 9.35. The maximum atomic E-state index is 9.37.